The number of quaternary nitrogens is 7. The van der Waals surface area contributed by atoms with Crippen LogP contribution < -0.4 is 0 Å². The number of methoxy groups -OCH3 is 1. The van der Waals surface area contributed by atoms with Crippen LogP contribution in [-0.2, 0) is 61.9 Å². The van der Waals surface area contributed by atoms with Crippen LogP contribution in [0.1, 0.15) is 262 Å². The summed E-state index contributed by atoms with van der Waals surface area (Å²) in [6.45, 7) is 75.9. The van der Waals surface area contributed by atoms with Crippen LogP contribution in [0.25, 0.3) is 0 Å². The molecule has 690 valence electrons. The van der Waals surface area contributed by atoms with Gasteiger partial charge in [-0.15, -0.1) is 0 Å². The van der Waals surface area contributed by atoms with Gasteiger partial charge in [0, 0.05) is 34.6 Å². The fraction of sp³-hybridized carbons (Fsp3) is 0.729. The minimum atomic E-state index is -0.249. The lowest BCUT2D eigenvalue weighted by atomic mass is 10.2. The van der Waals surface area contributed by atoms with Crippen molar-refractivity contribution in [2.45, 2.75) is 268 Å². The molecule has 0 aliphatic rings. The summed E-state index contributed by atoms with van der Waals surface area (Å²) in [6, 6.07) is 27.5. The number of unbranched alkanes of at least 4 members (excludes halogenated alkanes) is 2. The monoisotopic (exact) mass is 1690 g/mol. The molecule has 0 saturated heterocycles. The van der Waals surface area contributed by atoms with Gasteiger partial charge in [0.1, 0.15) is 89.0 Å². The van der Waals surface area contributed by atoms with Gasteiger partial charge < -0.3 is 69.3 Å². The maximum absolute atomic E-state index is 12.0. The third-order valence-corrected chi connectivity index (χ3v) is 21.2. The summed E-state index contributed by atoms with van der Waals surface area (Å²) < 4.78 is 47.9. The standard InChI is InChI=1S/C18H30NO2.C16H26NO2.C14H30NO2.C13H20NO2.C13H28NO2.C11H24NO2.C8H18NO2.C3H6O2/c1-4-7-14-19(6-3,13-5-2)15-16-21-18(20)17-11-9-8-10-12-17;1-5-17(6-2,7-3)13-14(4)19-16(18)15-11-9-8-10-12-15;1-6-9-11-15(8-3,10-7-2)12-13(4)17-14(5)16;1-11(10-14(2,3)4)16-13(15)12-8-6-5-7-9-12;1-6-9-14(8-3,10-7-2)11-12(4)16-13(5)15;1-6-12(7-2,8-3)9-10(4)14-11(5)13;1-7(11-8(2)10)6-9(3,4)5;1-3(4)5-2/h8-12H,4-7,13-16H2,1-3H3;8-12,14H,5-7,13H2,1-4H3;13H,6-12H2,1-5H3;5-9,11H,10H2,1-4H3;12H,6-11H2,1-5H3;10H,6-9H2,1-5H3;7H,6H2,1-5H3;1-2H3/q7*+1;. The molecule has 3 aromatic rings. The summed E-state index contributed by atoms with van der Waals surface area (Å²) >= 11 is 0. The van der Waals surface area contributed by atoms with Crippen molar-refractivity contribution in [3.05, 3.63) is 108 Å². The molecule has 0 N–H and O–H groups in total. The van der Waals surface area contributed by atoms with Gasteiger partial charge in [-0.2, -0.15) is 0 Å². The minimum absolute atomic E-state index is 0.00694. The Morgan fingerprint density at radius 3 is 0.723 bits per heavy atom. The van der Waals surface area contributed by atoms with Crippen LogP contribution in [0.3, 0.4) is 0 Å². The molecule has 0 saturated carbocycles. The Morgan fingerprint density at radius 2 is 0.487 bits per heavy atom. The Labute approximate surface area is 727 Å². The SMILES string of the molecule is CC(=O)OC(C)C[N+](C)(C)C.CC(C[N+](C)(C)C)OC(=O)c1ccccc1.CCCC[N+](CC)(CCC)CC(C)OC(C)=O.CCCC[N+](CC)(CCC)CCOC(=O)c1ccccc1.CCC[N+](CC)(CCC)CC(C)OC(C)=O.CC[N+](CC)(CC)CC(C)OC(=O)c1ccccc1.CC[N+](CC)(CC)CC(C)OC(C)=O.COC(C)=O. The highest BCUT2D eigenvalue weighted by molar-refractivity contribution is 5.90. The maximum Gasteiger partial charge on any atom is 0.338 e. The summed E-state index contributed by atoms with van der Waals surface area (Å²) in [6.07, 6.45) is 9.59. The van der Waals surface area contributed by atoms with Crippen molar-refractivity contribution < 1.29 is 108 Å². The molecule has 8 atom stereocenters. The molecule has 0 aliphatic carbocycles. The van der Waals surface area contributed by atoms with E-state index in [-0.39, 0.29) is 84.4 Å². The number of esters is 8. The Balaban J connectivity index is -0.000000423. The summed E-state index contributed by atoms with van der Waals surface area (Å²) in [5, 5.41) is 0. The second kappa shape index (κ2) is 68.6. The Bertz CT molecular complexity index is 3050. The molecule has 23 heteroatoms. The first kappa shape index (κ1) is 121. The van der Waals surface area contributed by atoms with Crippen LogP contribution in [0.15, 0.2) is 91.0 Å². The van der Waals surface area contributed by atoms with Crippen LogP contribution in [0, 0.1) is 0 Å². The summed E-state index contributed by atoms with van der Waals surface area (Å²) in [5.41, 5.74) is 1.86. The van der Waals surface area contributed by atoms with Crippen molar-refractivity contribution in [1.82, 2.24) is 0 Å². The van der Waals surface area contributed by atoms with Crippen LogP contribution in [0.4, 0.5) is 0 Å². The third-order valence-electron chi connectivity index (χ3n) is 21.2. The van der Waals surface area contributed by atoms with Crippen molar-refractivity contribution in [3.8, 4) is 0 Å². The molecule has 0 aromatic heterocycles. The molecule has 0 aliphatic heterocycles. The van der Waals surface area contributed by atoms with Gasteiger partial charge in [0.2, 0.25) is 0 Å². The largest absolute Gasteiger partial charge is 0.469 e. The van der Waals surface area contributed by atoms with Gasteiger partial charge >= 0.3 is 47.8 Å². The zero-order chi connectivity index (χ0) is 92.5. The summed E-state index contributed by atoms with van der Waals surface area (Å²) in [5.74, 6) is -1.66. The molecule has 0 amide bonds. The topological polar surface area (TPSA) is 210 Å². The number of hydrogen-bond donors (Lipinski definition) is 0. The third kappa shape index (κ3) is 62.8. The molecule has 119 heavy (non-hydrogen) atoms. The van der Waals surface area contributed by atoms with Crippen LogP contribution in [0.2, 0.25) is 0 Å². The van der Waals surface area contributed by atoms with Crippen molar-refractivity contribution >= 4 is 47.8 Å². The first-order valence-corrected chi connectivity index (χ1v) is 45.0. The van der Waals surface area contributed by atoms with E-state index < -0.39 is 0 Å². The number of rotatable bonds is 47. The molecule has 3 rings (SSSR count). The fourth-order valence-electron chi connectivity index (χ4n) is 15.0. The van der Waals surface area contributed by atoms with Crippen molar-refractivity contribution in [3.63, 3.8) is 0 Å². The number of carbonyl (C=O) groups is 8. The average molecular weight is 1690 g/mol. The quantitative estimate of drug-likeness (QED) is 0.0292. The van der Waals surface area contributed by atoms with E-state index in [1.165, 1.54) is 132 Å². The van der Waals surface area contributed by atoms with Gasteiger partial charge in [-0.25, -0.2) is 14.4 Å². The van der Waals surface area contributed by atoms with Gasteiger partial charge in [0.05, 0.1) is 164 Å². The predicted octanol–water partition coefficient (Wildman–Crippen LogP) is 17.2. The molecule has 8 unspecified atom stereocenters. The van der Waals surface area contributed by atoms with E-state index in [1.54, 1.807) is 36.4 Å². The molecule has 0 radical (unpaired) electrons. The molecule has 0 bridgehead atoms. The van der Waals surface area contributed by atoms with Crippen molar-refractivity contribution in [1.29, 1.82) is 0 Å². The zero-order valence-corrected chi connectivity index (χ0v) is 82.2. The lowest BCUT2D eigenvalue weighted by molar-refractivity contribution is -0.929. The van der Waals surface area contributed by atoms with Crippen LogP contribution >= 0.6 is 0 Å². The lowest BCUT2D eigenvalue weighted by Gasteiger charge is -2.39. The Morgan fingerprint density at radius 1 is 0.269 bits per heavy atom. The van der Waals surface area contributed by atoms with Crippen LogP contribution in [-0.4, -0.2) is 316 Å². The first-order chi connectivity index (χ1) is 55.7. The van der Waals surface area contributed by atoms with E-state index in [2.05, 4.69) is 151 Å². The zero-order valence-electron chi connectivity index (χ0n) is 82.2. The van der Waals surface area contributed by atoms with Gasteiger partial charge in [-0.05, 0) is 179 Å². The van der Waals surface area contributed by atoms with E-state index in [0.29, 0.717) is 23.3 Å². The average Bonchev–Trinajstić information content (AvgIpc) is 0.876. The van der Waals surface area contributed by atoms with Gasteiger partial charge in [-0.3, -0.25) is 24.0 Å². The van der Waals surface area contributed by atoms with Gasteiger partial charge in [-0.1, -0.05) is 109 Å². The lowest BCUT2D eigenvalue weighted by Crippen LogP contribution is -2.53. The number of nitrogens with zero attached hydrogens (tertiary/aromatic N) is 7. The fourth-order valence-corrected chi connectivity index (χ4v) is 15.0. The maximum atomic E-state index is 12.0. The molecule has 3 aromatic carbocycles. The van der Waals surface area contributed by atoms with E-state index in [0.717, 1.165) is 136 Å². The van der Waals surface area contributed by atoms with E-state index in [9.17, 15) is 38.4 Å². The molecule has 23 nitrogen and oxygen atoms in total. The highest BCUT2D eigenvalue weighted by Gasteiger charge is 2.32. The van der Waals surface area contributed by atoms with E-state index in [1.807, 2.05) is 96.1 Å². The molecular formula is C96H182N7O16+7. The number of ether oxygens (including phenoxy) is 8. The highest BCUT2D eigenvalue weighted by atomic mass is 16.6. The first-order valence-electron chi connectivity index (χ1n) is 45.0. The highest BCUT2D eigenvalue weighted by Crippen LogP contribution is 2.18. The Kier molecular flexibility index (Phi) is 69.6. The molecule has 0 heterocycles. The number of benzene rings is 3. The number of carbonyl (C=O) groups excluding carboxylic acids is 8. The van der Waals surface area contributed by atoms with Crippen molar-refractivity contribution in [2.24, 2.45) is 0 Å². The van der Waals surface area contributed by atoms with Gasteiger partial charge in [0.15, 0.2) is 0 Å². The van der Waals surface area contributed by atoms with Gasteiger partial charge in [0.25, 0.3) is 0 Å². The normalized spacial score (nSPS) is 13.7. The smallest absolute Gasteiger partial charge is 0.338 e. The molecule has 0 fully saturated rings. The second-order valence-corrected chi connectivity index (χ2v) is 34.0. The van der Waals surface area contributed by atoms with Crippen LogP contribution in [0.5, 0.6) is 0 Å². The number of hydrogen-bond acceptors (Lipinski definition) is 16. The number of likely N-dealkylation sites (N-methyl/N-ethyl adjacent to an activating group) is 7. The Hall–Kier alpha value is -6.86. The molecular weight excluding hydrogens is 1510 g/mol. The van der Waals surface area contributed by atoms with Crippen molar-refractivity contribution in [2.75, 3.05) is 200 Å². The summed E-state index contributed by atoms with van der Waals surface area (Å²) in [4.78, 5) is 88.4. The van der Waals surface area contributed by atoms with E-state index >= 15 is 0 Å². The molecule has 0 spiro atoms. The van der Waals surface area contributed by atoms with E-state index in [4.69, 9.17) is 33.2 Å². The second-order valence-electron chi connectivity index (χ2n) is 34.0. The predicted molar refractivity (Wildman–Crippen MR) is 488 cm³/mol. The summed E-state index contributed by atoms with van der Waals surface area (Å²) in [7, 11) is 13.8. The minimum Gasteiger partial charge on any atom is -0.469 e.